The molecule has 0 aliphatic carbocycles. The summed E-state index contributed by atoms with van der Waals surface area (Å²) in [7, 11) is 0. The van der Waals surface area contributed by atoms with Crippen LogP contribution in [0, 0.1) is 0 Å². The van der Waals surface area contributed by atoms with Crippen molar-refractivity contribution in [2.45, 2.75) is 13.3 Å². The number of rotatable bonds is 6. The fourth-order valence-electron chi connectivity index (χ4n) is 1.73. The summed E-state index contributed by atoms with van der Waals surface area (Å²) in [5.41, 5.74) is 1.16. The second-order valence-corrected chi connectivity index (χ2v) is 4.06. The van der Waals surface area contributed by atoms with Crippen LogP contribution in [-0.2, 0) is 6.42 Å². The van der Waals surface area contributed by atoms with Crippen molar-refractivity contribution in [3.63, 3.8) is 0 Å². The van der Waals surface area contributed by atoms with E-state index in [4.69, 9.17) is 9.15 Å². The molecule has 0 radical (unpaired) electrons. The third-order valence-corrected chi connectivity index (χ3v) is 2.68. The van der Waals surface area contributed by atoms with E-state index in [9.17, 15) is 4.79 Å². The summed E-state index contributed by atoms with van der Waals surface area (Å²) in [6, 6.07) is 11.2. The van der Waals surface area contributed by atoms with Gasteiger partial charge in [-0.3, -0.25) is 4.79 Å². The summed E-state index contributed by atoms with van der Waals surface area (Å²) in [5.74, 6) is 1.02. The smallest absolute Gasteiger partial charge is 0.286 e. The van der Waals surface area contributed by atoms with Crippen LogP contribution in [0.4, 0.5) is 0 Å². The van der Waals surface area contributed by atoms with Gasteiger partial charge in [0.2, 0.25) is 0 Å². The van der Waals surface area contributed by atoms with Gasteiger partial charge in [-0.25, -0.2) is 0 Å². The zero-order valence-corrected chi connectivity index (χ0v) is 10.9. The molecule has 4 nitrogen and oxygen atoms in total. The Labute approximate surface area is 112 Å². The Morgan fingerprint density at radius 3 is 2.68 bits per heavy atom. The zero-order valence-electron chi connectivity index (χ0n) is 10.9. The van der Waals surface area contributed by atoms with Gasteiger partial charge in [0.25, 0.3) is 5.91 Å². The second kappa shape index (κ2) is 6.64. The normalized spacial score (nSPS) is 10.2. The van der Waals surface area contributed by atoms with Crippen LogP contribution in [-0.4, -0.2) is 19.1 Å². The lowest BCUT2D eigenvalue weighted by molar-refractivity contribution is 0.0926. The molecule has 0 bridgehead atoms. The minimum Gasteiger partial charge on any atom is -0.494 e. The summed E-state index contributed by atoms with van der Waals surface area (Å²) in [5, 5.41) is 2.81. The van der Waals surface area contributed by atoms with Gasteiger partial charge < -0.3 is 14.5 Å². The van der Waals surface area contributed by atoms with Gasteiger partial charge in [0.1, 0.15) is 5.75 Å². The summed E-state index contributed by atoms with van der Waals surface area (Å²) >= 11 is 0. The van der Waals surface area contributed by atoms with Crippen LogP contribution in [0.5, 0.6) is 5.75 Å². The molecule has 0 saturated heterocycles. The molecule has 0 aliphatic rings. The van der Waals surface area contributed by atoms with Gasteiger partial charge in [-0.15, -0.1) is 0 Å². The fraction of sp³-hybridized carbons (Fsp3) is 0.267. The minimum atomic E-state index is -0.184. The van der Waals surface area contributed by atoms with E-state index in [1.54, 1.807) is 12.1 Å². The molecule has 1 aromatic heterocycles. The van der Waals surface area contributed by atoms with E-state index in [-0.39, 0.29) is 5.91 Å². The molecule has 1 aromatic carbocycles. The Bertz CT molecular complexity index is 503. The van der Waals surface area contributed by atoms with E-state index in [0.717, 1.165) is 17.7 Å². The number of carbonyl (C=O) groups is 1. The topological polar surface area (TPSA) is 51.5 Å². The molecule has 0 spiro atoms. The van der Waals surface area contributed by atoms with Crippen LogP contribution in [0.15, 0.2) is 47.1 Å². The van der Waals surface area contributed by atoms with Gasteiger partial charge in [-0.1, -0.05) is 12.1 Å². The third-order valence-electron chi connectivity index (χ3n) is 2.68. The molecule has 0 aliphatic heterocycles. The van der Waals surface area contributed by atoms with E-state index in [1.165, 1.54) is 6.26 Å². The summed E-state index contributed by atoms with van der Waals surface area (Å²) in [6.45, 7) is 3.20. The molecule has 1 N–H and O–H groups in total. The van der Waals surface area contributed by atoms with Crippen molar-refractivity contribution in [1.29, 1.82) is 0 Å². The number of benzene rings is 1. The molecule has 4 heteroatoms. The SMILES string of the molecule is CCOc1ccc(CCNC(=O)c2ccco2)cc1. The van der Waals surface area contributed by atoms with Crippen LogP contribution in [0.25, 0.3) is 0 Å². The molecule has 1 amide bonds. The van der Waals surface area contributed by atoms with Gasteiger partial charge >= 0.3 is 0 Å². The van der Waals surface area contributed by atoms with Crippen LogP contribution in [0.1, 0.15) is 23.0 Å². The average molecular weight is 259 g/mol. The lowest BCUT2D eigenvalue weighted by Crippen LogP contribution is -2.25. The molecule has 2 aromatic rings. The van der Waals surface area contributed by atoms with Crippen molar-refractivity contribution in [2.75, 3.05) is 13.2 Å². The number of amides is 1. The Balaban J connectivity index is 1.78. The molecule has 100 valence electrons. The molecule has 0 unspecified atom stereocenters. The van der Waals surface area contributed by atoms with Crippen molar-refractivity contribution >= 4 is 5.91 Å². The fourth-order valence-corrected chi connectivity index (χ4v) is 1.73. The summed E-state index contributed by atoms with van der Waals surface area (Å²) in [4.78, 5) is 11.6. The van der Waals surface area contributed by atoms with Crippen molar-refractivity contribution in [2.24, 2.45) is 0 Å². The lowest BCUT2D eigenvalue weighted by atomic mass is 10.1. The first-order chi connectivity index (χ1) is 9.29. The number of hydrogen-bond donors (Lipinski definition) is 1. The number of nitrogens with one attached hydrogen (secondary N) is 1. The molecular formula is C15H17NO3. The van der Waals surface area contributed by atoms with Gasteiger partial charge in [0.15, 0.2) is 5.76 Å². The van der Waals surface area contributed by atoms with E-state index in [1.807, 2.05) is 31.2 Å². The highest BCUT2D eigenvalue weighted by Gasteiger charge is 2.06. The first-order valence-electron chi connectivity index (χ1n) is 6.33. The van der Waals surface area contributed by atoms with E-state index in [0.29, 0.717) is 18.9 Å². The summed E-state index contributed by atoms with van der Waals surface area (Å²) < 4.78 is 10.4. The molecule has 1 heterocycles. The highest BCUT2D eigenvalue weighted by Crippen LogP contribution is 2.12. The molecular weight excluding hydrogens is 242 g/mol. The lowest BCUT2D eigenvalue weighted by Gasteiger charge is -2.06. The van der Waals surface area contributed by atoms with E-state index < -0.39 is 0 Å². The Morgan fingerprint density at radius 1 is 1.26 bits per heavy atom. The quantitative estimate of drug-likeness (QED) is 0.867. The maximum Gasteiger partial charge on any atom is 0.286 e. The highest BCUT2D eigenvalue weighted by atomic mass is 16.5. The number of carbonyl (C=O) groups excluding carboxylic acids is 1. The van der Waals surface area contributed by atoms with Crippen molar-refractivity contribution in [3.8, 4) is 5.75 Å². The number of furan rings is 1. The second-order valence-electron chi connectivity index (χ2n) is 4.06. The molecule has 0 atom stereocenters. The van der Waals surface area contributed by atoms with Crippen molar-refractivity contribution in [1.82, 2.24) is 5.32 Å². The Hall–Kier alpha value is -2.23. The molecule has 2 rings (SSSR count). The van der Waals surface area contributed by atoms with Crippen LogP contribution >= 0.6 is 0 Å². The van der Waals surface area contributed by atoms with Gasteiger partial charge in [-0.05, 0) is 43.2 Å². The Morgan fingerprint density at radius 2 is 2.05 bits per heavy atom. The van der Waals surface area contributed by atoms with Gasteiger partial charge in [0, 0.05) is 6.54 Å². The van der Waals surface area contributed by atoms with Crippen LogP contribution in [0.3, 0.4) is 0 Å². The van der Waals surface area contributed by atoms with Gasteiger partial charge in [-0.2, -0.15) is 0 Å². The van der Waals surface area contributed by atoms with Crippen LogP contribution < -0.4 is 10.1 Å². The standard InChI is InChI=1S/C15H17NO3/c1-2-18-13-7-5-12(6-8-13)9-10-16-15(17)14-4-3-11-19-14/h3-8,11H,2,9-10H2,1H3,(H,16,17). The first kappa shape index (κ1) is 13.2. The largest absolute Gasteiger partial charge is 0.494 e. The molecule has 0 fully saturated rings. The predicted octanol–water partition coefficient (Wildman–Crippen LogP) is 2.65. The first-order valence-corrected chi connectivity index (χ1v) is 6.33. The minimum absolute atomic E-state index is 0.184. The van der Waals surface area contributed by atoms with Crippen molar-refractivity contribution < 1.29 is 13.9 Å². The molecule has 19 heavy (non-hydrogen) atoms. The maximum absolute atomic E-state index is 11.6. The number of ether oxygens (including phenoxy) is 1. The predicted molar refractivity (Wildman–Crippen MR) is 72.4 cm³/mol. The average Bonchev–Trinajstić information content (AvgIpc) is 2.95. The van der Waals surface area contributed by atoms with Crippen molar-refractivity contribution in [3.05, 3.63) is 54.0 Å². The third kappa shape index (κ3) is 3.88. The molecule has 0 saturated carbocycles. The van der Waals surface area contributed by atoms with Crippen LogP contribution in [0.2, 0.25) is 0 Å². The highest BCUT2D eigenvalue weighted by molar-refractivity contribution is 5.91. The Kier molecular flexibility index (Phi) is 4.61. The monoisotopic (exact) mass is 259 g/mol. The van der Waals surface area contributed by atoms with Gasteiger partial charge in [0.05, 0.1) is 12.9 Å². The number of hydrogen-bond acceptors (Lipinski definition) is 3. The van der Waals surface area contributed by atoms with E-state index in [2.05, 4.69) is 5.32 Å². The maximum atomic E-state index is 11.6. The van der Waals surface area contributed by atoms with E-state index >= 15 is 0 Å². The summed E-state index contributed by atoms with van der Waals surface area (Å²) in [6.07, 6.45) is 2.26. The zero-order chi connectivity index (χ0) is 13.5.